The summed E-state index contributed by atoms with van der Waals surface area (Å²) in [6, 6.07) is 5.49. The zero-order chi connectivity index (χ0) is 12.3. The summed E-state index contributed by atoms with van der Waals surface area (Å²) in [4.78, 5) is 4.15. The van der Waals surface area contributed by atoms with Gasteiger partial charge < -0.3 is 5.32 Å². The molecule has 0 aliphatic rings. The van der Waals surface area contributed by atoms with Gasteiger partial charge in [0.1, 0.15) is 5.82 Å². The fourth-order valence-corrected chi connectivity index (χ4v) is 1.50. The first-order valence-electron chi connectivity index (χ1n) is 5.28. The molecular weight excluding hydrogens is 214 g/mol. The second kappa shape index (κ2) is 4.66. The van der Waals surface area contributed by atoms with Gasteiger partial charge in [0, 0.05) is 31.0 Å². The number of hydrogen-bond donors (Lipinski definition) is 1. The third-order valence-electron chi connectivity index (χ3n) is 2.69. The van der Waals surface area contributed by atoms with Gasteiger partial charge in [0.2, 0.25) is 0 Å². The molecule has 0 saturated carbocycles. The molecule has 1 N–H and O–H groups in total. The lowest BCUT2D eigenvalue weighted by molar-refractivity contribution is 0.738. The summed E-state index contributed by atoms with van der Waals surface area (Å²) in [6.07, 6.45) is 3.45. The second-order valence-electron chi connectivity index (χ2n) is 3.77. The molecule has 0 unspecified atom stereocenters. The zero-order valence-corrected chi connectivity index (χ0v) is 9.81. The molecule has 0 bridgehead atoms. The van der Waals surface area contributed by atoms with Crippen molar-refractivity contribution in [1.29, 1.82) is 5.26 Å². The van der Waals surface area contributed by atoms with E-state index < -0.39 is 0 Å². The first-order chi connectivity index (χ1) is 8.20. The third kappa shape index (κ3) is 2.42. The van der Waals surface area contributed by atoms with E-state index in [0.717, 1.165) is 11.3 Å². The van der Waals surface area contributed by atoms with Crippen molar-refractivity contribution in [3.05, 3.63) is 41.3 Å². The molecule has 0 spiro atoms. The highest BCUT2D eigenvalue weighted by Gasteiger charge is 2.03. The average molecular weight is 227 g/mol. The second-order valence-corrected chi connectivity index (χ2v) is 3.77. The summed E-state index contributed by atoms with van der Waals surface area (Å²) in [6.45, 7) is 2.67. The van der Waals surface area contributed by atoms with Gasteiger partial charge >= 0.3 is 0 Å². The SMILES string of the molecule is Cc1c(CNc2cc(C#N)ccn2)cnn1C. The molecule has 0 aromatic carbocycles. The highest BCUT2D eigenvalue weighted by atomic mass is 15.3. The minimum Gasteiger partial charge on any atom is -0.366 e. The van der Waals surface area contributed by atoms with Crippen LogP contribution >= 0.6 is 0 Å². The van der Waals surface area contributed by atoms with E-state index in [0.29, 0.717) is 17.9 Å². The summed E-state index contributed by atoms with van der Waals surface area (Å²) in [5.74, 6) is 0.701. The van der Waals surface area contributed by atoms with E-state index in [9.17, 15) is 0 Å². The van der Waals surface area contributed by atoms with Crippen molar-refractivity contribution >= 4 is 5.82 Å². The van der Waals surface area contributed by atoms with Crippen molar-refractivity contribution < 1.29 is 0 Å². The maximum Gasteiger partial charge on any atom is 0.127 e. The topological polar surface area (TPSA) is 66.5 Å². The Bertz CT molecular complexity index is 565. The van der Waals surface area contributed by atoms with Crippen molar-refractivity contribution in [1.82, 2.24) is 14.8 Å². The minimum absolute atomic E-state index is 0.602. The molecule has 0 amide bonds. The molecular formula is C12H13N5. The summed E-state index contributed by atoms with van der Waals surface area (Å²) >= 11 is 0. The molecule has 0 radical (unpaired) electrons. The highest BCUT2D eigenvalue weighted by molar-refractivity contribution is 5.42. The van der Waals surface area contributed by atoms with Gasteiger partial charge in [-0.3, -0.25) is 4.68 Å². The molecule has 0 saturated heterocycles. The summed E-state index contributed by atoms with van der Waals surface area (Å²) < 4.78 is 1.83. The van der Waals surface area contributed by atoms with Crippen LogP contribution in [-0.4, -0.2) is 14.8 Å². The maximum absolute atomic E-state index is 8.78. The van der Waals surface area contributed by atoms with Crippen molar-refractivity contribution in [3.63, 3.8) is 0 Å². The number of aromatic nitrogens is 3. The summed E-state index contributed by atoms with van der Waals surface area (Å²) in [7, 11) is 1.91. The van der Waals surface area contributed by atoms with Crippen LogP contribution in [0.25, 0.3) is 0 Å². The van der Waals surface area contributed by atoms with Gasteiger partial charge in [0.05, 0.1) is 17.8 Å². The molecule has 2 rings (SSSR count). The number of rotatable bonds is 3. The molecule has 2 aromatic heterocycles. The lowest BCUT2D eigenvalue weighted by Gasteiger charge is -2.05. The van der Waals surface area contributed by atoms with Crippen LogP contribution in [-0.2, 0) is 13.6 Å². The van der Waals surface area contributed by atoms with E-state index in [1.807, 2.05) is 24.9 Å². The predicted molar refractivity (Wildman–Crippen MR) is 64.2 cm³/mol. The lowest BCUT2D eigenvalue weighted by Crippen LogP contribution is -2.03. The van der Waals surface area contributed by atoms with E-state index in [1.54, 1.807) is 18.3 Å². The molecule has 0 atom stereocenters. The van der Waals surface area contributed by atoms with Gasteiger partial charge in [-0.1, -0.05) is 0 Å². The zero-order valence-electron chi connectivity index (χ0n) is 9.81. The van der Waals surface area contributed by atoms with Crippen LogP contribution in [0, 0.1) is 18.3 Å². The Morgan fingerprint density at radius 1 is 1.53 bits per heavy atom. The smallest absolute Gasteiger partial charge is 0.127 e. The van der Waals surface area contributed by atoms with Crippen molar-refractivity contribution in [2.24, 2.45) is 7.05 Å². The molecule has 0 aliphatic carbocycles. The fourth-order valence-electron chi connectivity index (χ4n) is 1.50. The molecule has 86 valence electrons. The quantitative estimate of drug-likeness (QED) is 0.865. The molecule has 5 nitrogen and oxygen atoms in total. The van der Waals surface area contributed by atoms with E-state index >= 15 is 0 Å². The molecule has 2 heterocycles. The van der Waals surface area contributed by atoms with Gasteiger partial charge in [-0.25, -0.2) is 4.98 Å². The Kier molecular flexibility index (Phi) is 3.06. The molecule has 0 aliphatic heterocycles. The Hall–Kier alpha value is -2.35. The van der Waals surface area contributed by atoms with Crippen molar-refractivity contribution in [3.8, 4) is 6.07 Å². The van der Waals surface area contributed by atoms with Crippen LogP contribution in [0.15, 0.2) is 24.5 Å². The number of nitriles is 1. The van der Waals surface area contributed by atoms with Crippen LogP contribution < -0.4 is 5.32 Å². The van der Waals surface area contributed by atoms with Gasteiger partial charge in [-0.05, 0) is 19.1 Å². The number of pyridine rings is 1. The normalized spacial score (nSPS) is 9.94. The largest absolute Gasteiger partial charge is 0.366 e. The van der Waals surface area contributed by atoms with E-state index in [1.165, 1.54) is 0 Å². The van der Waals surface area contributed by atoms with E-state index in [4.69, 9.17) is 5.26 Å². The number of anilines is 1. The van der Waals surface area contributed by atoms with Gasteiger partial charge in [-0.2, -0.15) is 10.4 Å². The van der Waals surface area contributed by atoms with Crippen LogP contribution in [0.5, 0.6) is 0 Å². The van der Waals surface area contributed by atoms with Gasteiger partial charge in [0.25, 0.3) is 0 Å². The number of nitrogens with zero attached hydrogens (tertiary/aromatic N) is 4. The number of hydrogen-bond acceptors (Lipinski definition) is 4. The van der Waals surface area contributed by atoms with Crippen LogP contribution in [0.3, 0.4) is 0 Å². The highest BCUT2D eigenvalue weighted by Crippen LogP contribution is 2.10. The summed E-state index contributed by atoms with van der Waals surface area (Å²) in [5, 5.41) is 16.1. The monoisotopic (exact) mass is 227 g/mol. The van der Waals surface area contributed by atoms with Crippen LogP contribution in [0.1, 0.15) is 16.8 Å². The first kappa shape index (κ1) is 11.1. The fraction of sp³-hybridized carbons (Fsp3) is 0.250. The minimum atomic E-state index is 0.602. The maximum atomic E-state index is 8.78. The van der Waals surface area contributed by atoms with E-state index in [-0.39, 0.29) is 0 Å². The lowest BCUT2D eigenvalue weighted by atomic mass is 10.2. The van der Waals surface area contributed by atoms with E-state index in [2.05, 4.69) is 21.5 Å². The van der Waals surface area contributed by atoms with Gasteiger partial charge in [0.15, 0.2) is 0 Å². The third-order valence-corrected chi connectivity index (χ3v) is 2.69. The number of nitrogens with one attached hydrogen (secondary N) is 1. The first-order valence-corrected chi connectivity index (χ1v) is 5.28. The Labute approximate surface area is 99.7 Å². The van der Waals surface area contributed by atoms with Crippen LogP contribution in [0.4, 0.5) is 5.82 Å². The number of aryl methyl sites for hydroxylation is 1. The standard InChI is InChI=1S/C12H13N5/c1-9-11(8-16-17(9)2)7-15-12-5-10(6-13)3-4-14-12/h3-5,8H,7H2,1-2H3,(H,14,15). The molecule has 5 heteroatoms. The molecule has 17 heavy (non-hydrogen) atoms. The molecule has 0 fully saturated rings. The van der Waals surface area contributed by atoms with Crippen molar-refractivity contribution in [2.45, 2.75) is 13.5 Å². The Morgan fingerprint density at radius 2 is 2.35 bits per heavy atom. The average Bonchev–Trinajstić information content (AvgIpc) is 2.68. The van der Waals surface area contributed by atoms with Crippen LogP contribution in [0.2, 0.25) is 0 Å². The summed E-state index contributed by atoms with van der Waals surface area (Å²) in [5.41, 5.74) is 2.84. The Morgan fingerprint density at radius 3 is 3.00 bits per heavy atom. The predicted octanol–water partition coefficient (Wildman–Crippen LogP) is 1.61. The molecule has 2 aromatic rings. The van der Waals surface area contributed by atoms with Crippen molar-refractivity contribution in [2.75, 3.05) is 5.32 Å². The Balaban J connectivity index is 2.07. The van der Waals surface area contributed by atoms with Gasteiger partial charge in [-0.15, -0.1) is 0 Å².